The van der Waals surface area contributed by atoms with Gasteiger partial charge in [-0.05, 0) is 46.9 Å². The SMILES string of the molecule is NC(CCc1ccsc1)c1cncc(F)c1. The zero-order valence-corrected chi connectivity index (χ0v) is 9.58. The van der Waals surface area contributed by atoms with E-state index in [2.05, 4.69) is 16.4 Å². The number of halogens is 1. The van der Waals surface area contributed by atoms with Crippen LogP contribution in [0.5, 0.6) is 0 Å². The first-order valence-corrected chi connectivity index (χ1v) is 6.07. The summed E-state index contributed by atoms with van der Waals surface area (Å²) in [7, 11) is 0. The van der Waals surface area contributed by atoms with E-state index in [9.17, 15) is 4.39 Å². The monoisotopic (exact) mass is 236 g/mol. The number of nitrogens with two attached hydrogens (primary N) is 1. The zero-order valence-electron chi connectivity index (χ0n) is 8.77. The van der Waals surface area contributed by atoms with Crippen molar-refractivity contribution >= 4 is 11.3 Å². The second kappa shape index (κ2) is 5.18. The zero-order chi connectivity index (χ0) is 11.4. The first-order valence-electron chi connectivity index (χ1n) is 5.13. The van der Waals surface area contributed by atoms with E-state index in [0.29, 0.717) is 0 Å². The maximum absolute atomic E-state index is 12.9. The topological polar surface area (TPSA) is 38.9 Å². The van der Waals surface area contributed by atoms with Crippen LogP contribution in [0.3, 0.4) is 0 Å². The minimum absolute atomic E-state index is 0.150. The molecule has 0 spiro atoms. The van der Waals surface area contributed by atoms with E-state index in [4.69, 9.17) is 5.73 Å². The molecule has 0 bridgehead atoms. The fourth-order valence-corrected chi connectivity index (χ4v) is 2.26. The lowest BCUT2D eigenvalue weighted by Gasteiger charge is -2.10. The molecule has 84 valence electrons. The molecule has 0 aliphatic heterocycles. The van der Waals surface area contributed by atoms with Crippen LogP contribution < -0.4 is 5.73 Å². The molecule has 0 fully saturated rings. The molecule has 2 heterocycles. The van der Waals surface area contributed by atoms with Gasteiger partial charge in [0.05, 0.1) is 6.20 Å². The molecule has 0 aliphatic carbocycles. The fraction of sp³-hybridized carbons (Fsp3) is 0.250. The van der Waals surface area contributed by atoms with Crippen molar-refractivity contribution < 1.29 is 4.39 Å². The molecule has 2 nitrogen and oxygen atoms in total. The normalized spacial score (nSPS) is 12.6. The first kappa shape index (κ1) is 11.2. The summed E-state index contributed by atoms with van der Waals surface area (Å²) in [5.41, 5.74) is 8.02. The standard InChI is InChI=1S/C12H13FN2S/c13-11-5-10(6-15-7-11)12(14)2-1-9-3-4-16-8-9/h3-8,12H,1-2,14H2. The van der Waals surface area contributed by atoms with Crippen LogP contribution in [0.15, 0.2) is 35.3 Å². The van der Waals surface area contributed by atoms with E-state index in [0.717, 1.165) is 18.4 Å². The van der Waals surface area contributed by atoms with Crippen LogP contribution in [0.25, 0.3) is 0 Å². The molecule has 16 heavy (non-hydrogen) atoms. The number of hydrogen-bond acceptors (Lipinski definition) is 3. The highest BCUT2D eigenvalue weighted by Gasteiger charge is 2.07. The Kier molecular flexibility index (Phi) is 3.64. The molecule has 2 aromatic rings. The van der Waals surface area contributed by atoms with Crippen LogP contribution in [-0.4, -0.2) is 4.98 Å². The van der Waals surface area contributed by atoms with Gasteiger partial charge in [0.15, 0.2) is 0 Å². The number of aromatic nitrogens is 1. The molecule has 0 radical (unpaired) electrons. The van der Waals surface area contributed by atoms with E-state index in [1.807, 2.05) is 5.38 Å². The van der Waals surface area contributed by atoms with Crippen LogP contribution in [0, 0.1) is 5.82 Å². The summed E-state index contributed by atoms with van der Waals surface area (Å²) >= 11 is 1.68. The Morgan fingerprint density at radius 1 is 1.44 bits per heavy atom. The Labute approximate surface area is 97.9 Å². The summed E-state index contributed by atoms with van der Waals surface area (Å²) in [4.78, 5) is 3.80. The molecular formula is C12H13FN2S. The van der Waals surface area contributed by atoms with Crippen molar-refractivity contribution in [2.75, 3.05) is 0 Å². The second-order valence-electron chi connectivity index (χ2n) is 3.71. The highest BCUT2D eigenvalue weighted by Crippen LogP contribution is 2.17. The van der Waals surface area contributed by atoms with Gasteiger partial charge in [-0.25, -0.2) is 4.39 Å². The molecule has 2 aromatic heterocycles. The molecule has 0 saturated carbocycles. The molecule has 4 heteroatoms. The third-order valence-corrected chi connectivity index (χ3v) is 3.21. The molecule has 0 saturated heterocycles. The van der Waals surface area contributed by atoms with Crippen molar-refractivity contribution in [2.24, 2.45) is 5.73 Å². The maximum atomic E-state index is 12.9. The first-order chi connectivity index (χ1) is 7.75. The van der Waals surface area contributed by atoms with Gasteiger partial charge in [0.25, 0.3) is 0 Å². The van der Waals surface area contributed by atoms with Crippen molar-refractivity contribution in [2.45, 2.75) is 18.9 Å². The van der Waals surface area contributed by atoms with Gasteiger partial charge in [-0.1, -0.05) is 0 Å². The van der Waals surface area contributed by atoms with Gasteiger partial charge in [-0.15, -0.1) is 0 Å². The van der Waals surface area contributed by atoms with Crippen molar-refractivity contribution in [3.8, 4) is 0 Å². The predicted octanol–water partition coefficient (Wildman–Crippen LogP) is 2.91. The highest BCUT2D eigenvalue weighted by atomic mass is 32.1. The van der Waals surface area contributed by atoms with Gasteiger partial charge >= 0.3 is 0 Å². The van der Waals surface area contributed by atoms with Gasteiger partial charge in [0.1, 0.15) is 5.82 Å². The van der Waals surface area contributed by atoms with Crippen molar-refractivity contribution in [1.82, 2.24) is 4.98 Å². The summed E-state index contributed by atoms with van der Waals surface area (Å²) in [6, 6.07) is 3.38. The Hall–Kier alpha value is -1.26. The van der Waals surface area contributed by atoms with E-state index < -0.39 is 0 Å². The van der Waals surface area contributed by atoms with Crippen molar-refractivity contribution in [3.63, 3.8) is 0 Å². The minimum Gasteiger partial charge on any atom is -0.324 e. The molecule has 2 rings (SSSR count). The summed E-state index contributed by atoms with van der Waals surface area (Å²) in [6.45, 7) is 0. The van der Waals surface area contributed by atoms with Crippen LogP contribution in [0.2, 0.25) is 0 Å². The summed E-state index contributed by atoms with van der Waals surface area (Å²) in [5, 5.41) is 4.15. The molecule has 0 amide bonds. The predicted molar refractivity (Wildman–Crippen MR) is 63.8 cm³/mol. The Morgan fingerprint density at radius 3 is 3.00 bits per heavy atom. The maximum Gasteiger partial charge on any atom is 0.141 e. The Bertz CT molecular complexity index is 442. The smallest absolute Gasteiger partial charge is 0.141 e. The van der Waals surface area contributed by atoms with Crippen LogP contribution in [0.1, 0.15) is 23.6 Å². The molecule has 1 atom stereocenters. The molecule has 0 aromatic carbocycles. The largest absolute Gasteiger partial charge is 0.324 e. The van der Waals surface area contributed by atoms with Crippen LogP contribution in [-0.2, 0) is 6.42 Å². The lowest BCUT2D eigenvalue weighted by Crippen LogP contribution is -2.11. The van der Waals surface area contributed by atoms with Crippen molar-refractivity contribution in [3.05, 3.63) is 52.2 Å². The van der Waals surface area contributed by atoms with Crippen LogP contribution in [0.4, 0.5) is 4.39 Å². The van der Waals surface area contributed by atoms with Crippen molar-refractivity contribution in [1.29, 1.82) is 0 Å². The quantitative estimate of drug-likeness (QED) is 0.886. The Morgan fingerprint density at radius 2 is 2.31 bits per heavy atom. The molecule has 0 aliphatic rings. The van der Waals surface area contributed by atoms with Gasteiger partial charge in [0.2, 0.25) is 0 Å². The van der Waals surface area contributed by atoms with E-state index in [1.54, 1.807) is 17.5 Å². The fourth-order valence-electron chi connectivity index (χ4n) is 1.55. The van der Waals surface area contributed by atoms with E-state index >= 15 is 0 Å². The second-order valence-corrected chi connectivity index (χ2v) is 4.49. The molecular weight excluding hydrogens is 223 g/mol. The Balaban J connectivity index is 1.95. The lowest BCUT2D eigenvalue weighted by molar-refractivity contribution is 0.601. The number of rotatable bonds is 4. The highest BCUT2D eigenvalue weighted by molar-refractivity contribution is 7.07. The average molecular weight is 236 g/mol. The number of aryl methyl sites for hydroxylation is 1. The van der Waals surface area contributed by atoms with Gasteiger partial charge in [-0.3, -0.25) is 4.98 Å². The third-order valence-electron chi connectivity index (χ3n) is 2.48. The number of pyridine rings is 1. The number of nitrogens with zero attached hydrogens (tertiary/aromatic N) is 1. The number of hydrogen-bond donors (Lipinski definition) is 1. The van der Waals surface area contributed by atoms with E-state index in [1.165, 1.54) is 17.8 Å². The lowest BCUT2D eigenvalue weighted by atomic mass is 10.0. The molecule has 1 unspecified atom stereocenters. The van der Waals surface area contributed by atoms with E-state index in [-0.39, 0.29) is 11.9 Å². The summed E-state index contributed by atoms with van der Waals surface area (Å²) in [6.07, 6.45) is 4.54. The number of thiophene rings is 1. The van der Waals surface area contributed by atoms with Crippen LogP contribution >= 0.6 is 11.3 Å². The molecule has 2 N–H and O–H groups in total. The summed E-state index contributed by atoms with van der Waals surface area (Å²) < 4.78 is 12.9. The van der Waals surface area contributed by atoms with Gasteiger partial charge in [-0.2, -0.15) is 11.3 Å². The minimum atomic E-state index is -0.330. The summed E-state index contributed by atoms with van der Waals surface area (Å²) in [5.74, 6) is -0.330. The van der Waals surface area contributed by atoms with Gasteiger partial charge < -0.3 is 5.73 Å². The third kappa shape index (κ3) is 2.87. The van der Waals surface area contributed by atoms with Gasteiger partial charge in [0, 0.05) is 12.2 Å². The average Bonchev–Trinajstić information content (AvgIpc) is 2.78.